The predicted molar refractivity (Wildman–Crippen MR) is 129 cm³/mol. The highest BCUT2D eigenvalue weighted by Crippen LogP contribution is 2.68. The van der Waals surface area contributed by atoms with E-state index in [1.807, 2.05) is 13.0 Å². The van der Waals surface area contributed by atoms with Gasteiger partial charge in [0.25, 0.3) is 0 Å². The van der Waals surface area contributed by atoms with Crippen LogP contribution in [-0.2, 0) is 11.3 Å². The Morgan fingerprint density at radius 2 is 2.09 bits per heavy atom. The smallest absolute Gasteiger partial charge is 0.181 e. The first-order chi connectivity index (χ1) is 16.3. The maximum Gasteiger partial charge on any atom is 0.181 e. The number of nitriles is 1. The lowest BCUT2D eigenvalue weighted by molar-refractivity contribution is -0.117. The number of allylic oxidation sites excluding steroid dienone is 8. The van der Waals surface area contributed by atoms with Gasteiger partial charge in [0.2, 0.25) is 0 Å². The van der Waals surface area contributed by atoms with E-state index in [9.17, 15) is 9.90 Å². The molecule has 176 valence electrons. The van der Waals surface area contributed by atoms with Crippen LogP contribution in [0.2, 0.25) is 0 Å². The summed E-state index contributed by atoms with van der Waals surface area (Å²) in [5.74, 6) is 1.35. The van der Waals surface area contributed by atoms with E-state index in [2.05, 4.69) is 36.3 Å². The summed E-state index contributed by atoms with van der Waals surface area (Å²) < 4.78 is 1.57. The van der Waals surface area contributed by atoms with Crippen LogP contribution >= 0.6 is 0 Å². The van der Waals surface area contributed by atoms with Crippen molar-refractivity contribution >= 4 is 5.78 Å². The molecular formula is C29H33N3O2. The molecule has 0 aliphatic heterocycles. The molecule has 5 aliphatic carbocycles. The zero-order chi connectivity index (χ0) is 23.7. The summed E-state index contributed by atoms with van der Waals surface area (Å²) >= 11 is 0. The van der Waals surface area contributed by atoms with Gasteiger partial charge in [-0.25, -0.2) is 0 Å². The summed E-state index contributed by atoms with van der Waals surface area (Å²) in [7, 11) is 0. The third-order valence-corrected chi connectivity index (χ3v) is 9.53. The molecule has 0 saturated heterocycles. The summed E-state index contributed by atoms with van der Waals surface area (Å²) in [6, 6.07) is 2.08. The molecule has 5 nitrogen and oxygen atoms in total. The Morgan fingerprint density at radius 1 is 1.26 bits per heavy atom. The van der Waals surface area contributed by atoms with E-state index in [1.165, 1.54) is 35.8 Å². The SMILES string of the molecule is CC[C@]12C=CC3=C(CC[C@@H]4C[C@](C)(O)CC[C@]34C3CC3)C1=CC=C2C(=O)Cn1cc(C#N)cn1. The molecule has 2 fully saturated rings. The molecule has 6 rings (SSSR count). The van der Waals surface area contributed by atoms with Gasteiger partial charge in [0.05, 0.1) is 17.4 Å². The highest BCUT2D eigenvalue weighted by atomic mass is 16.3. The zero-order valence-electron chi connectivity index (χ0n) is 20.2. The molecule has 0 bridgehead atoms. The lowest BCUT2D eigenvalue weighted by Gasteiger charge is -2.55. The van der Waals surface area contributed by atoms with E-state index in [0.29, 0.717) is 11.5 Å². The second kappa shape index (κ2) is 7.39. The minimum absolute atomic E-state index is 0.0636. The van der Waals surface area contributed by atoms with Gasteiger partial charge in [-0.15, -0.1) is 0 Å². The van der Waals surface area contributed by atoms with Crippen molar-refractivity contribution < 1.29 is 9.90 Å². The fraction of sp³-hybridized carbons (Fsp3) is 0.552. The number of hydrogen-bond donors (Lipinski definition) is 1. The van der Waals surface area contributed by atoms with Crippen LogP contribution in [0.5, 0.6) is 0 Å². The van der Waals surface area contributed by atoms with Crippen LogP contribution in [0.4, 0.5) is 0 Å². The summed E-state index contributed by atoms with van der Waals surface area (Å²) in [5, 5.41) is 24.1. The van der Waals surface area contributed by atoms with Crippen molar-refractivity contribution in [2.45, 2.75) is 77.4 Å². The molecule has 34 heavy (non-hydrogen) atoms. The largest absolute Gasteiger partial charge is 0.390 e. The van der Waals surface area contributed by atoms with E-state index >= 15 is 0 Å². The number of nitrogens with zero attached hydrogens (tertiary/aromatic N) is 3. The summed E-state index contributed by atoms with van der Waals surface area (Å²) in [6.07, 6.45) is 20.6. The van der Waals surface area contributed by atoms with E-state index in [0.717, 1.165) is 50.0 Å². The average Bonchev–Trinajstić information content (AvgIpc) is 3.45. The molecule has 1 aromatic rings. The quantitative estimate of drug-likeness (QED) is 0.662. The van der Waals surface area contributed by atoms with E-state index < -0.39 is 5.60 Å². The van der Waals surface area contributed by atoms with Gasteiger partial charge in [-0.05, 0) is 86.8 Å². The molecule has 5 aliphatic rings. The normalized spacial score (nSPS) is 36.2. The second-order valence-corrected chi connectivity index (χ2v) is 11.4. The third-order valence-electron chi connectivity index (χ3n) is 9.53. The molecule has 2 saturated carbocycles. The van der Waals surface area contributed by atoms with Gasteiger partial charge in [0.15, 0.2) is 5.78 Å². The van der Waals surface area contributed by atoms with E-state index in [1.54, 1.807) is 10.9 Å². The van der Waals surface area contributed by atoms with E-state index in [4.69, 9.17) is 5.26 Å². The molecule has 1 aromatic heterocycles. The van der Waals surface area contributed by atoms with Crippen molar-refractivity contribution in [2.24, 2.45) is 22.7 Å². The Hall–Kier alpha value is -2.71. The highest BCUT2D eigenvalue weighted by molar-refractivity contribution is 5.99. The van der Waals surface area contributed by atoms with Crippen LogP contribution in [0.3, 0.4) is 0 Å². The Balaban J connectivity index is 1.34. The molecule has 0 unspecified atom stereocenters. The highest BCUT2D eigenvalue weighted by Gasteiger charge is 2.59. The van der Waals surface area contributed by atoms with Crippen LogP contribution in [0, 0.1) is 34.0 Å². The fourth-order valence-corrected chi connectivity index (χ4v) is 7.80. The summed E-state index contributed by atoms with van der Waals surface area (Å²) in [5.41, 5.74) is 4.92. The van der Waals surface area contributed by atoms with Crippen molar-refractivity contribution in [2.75, 3.05) is 0 Å². The number of carbonyl (C=O) groups excluding carboxylic acids is 1. The van der Waals surface area contributed by atoms with Gasteiger partial charge in [0.1, 0.15) is 12.6 Å². The maximum atomic E-state index is 13.4. The minimum Gasteiger partial charge on any atom is -0.390 e. The van der Waals surface area contributed by atoms with Crippen molar-refractivity contribution in [1.82, 2.24) is 9.78 Å². The van der Waals surface area contributed by atoms with Crippen LogP contribution in [0.25, 0.3) is 0 Å². The number of rotatable bonds is 5. The number of fused-ring (bicyclic) bond motifs is 4. The number of hydrogen-bond acceptors (Lipinski definition) is 4. The van der Waals surface area contributed by atoms with E-state index in [-0.39, 0.29) is 23.2 Å². The monoisotopic (exact) mass is 455 g/mol. The first-order valence-corrected chi connectivity index (χ1v) is 12.9. The van der Waals surface area contributed by atoms with Crippen LogP contribution in [-0.4, -0.2) is 26.3 Å². The molecule has 0 spiro atoms. The van der Waals surface area contributed by atoms with Crippen molar-refractivity contribution in [3.05, 3.63) is 64.6 Å². The third kappa shape index (κ3) is 3.01. The molecule has 4 atom stereocenters. The first kappa shape index (κ1) is 21.8. The standard InChI is InChI=1S/C29H33N3O2/c1-3-28-11-10-24-22(7-6-21-14-27(2,34)12-13-29(21,24)20-4-5-20)23(28)8-9-25(28)26(33)18-32-17-19(15-30)16-31-32/h8-11,16-17,20-21,34H,3-7,12-14,18H2,1-2H3/t21-,27-,28+,29-/m1/s1. The molecule has 1 N–H and O–H groups in total. The predicted octanol–water partition coefficient (Wildman–Crippen LogP) is 5.19. The Morgan fingerprint density at radius 3 is 2.79 bits per heavy atom. The topological polar surface area (TPSA) is 78.9 Å². The van der Waals surface area contributed by atoms with Crippen molar-refractivity contribution in [3.8, 4) is 6.07 Å². The number of Topliss-reactive ketones (excluding diaryl/α,β-unsaturated/α-hetero) is 1. The minimum atomic E-state index is -0.543. The average molecular weight is 456 g/mol. The zero-order valence-corrected chi connectivity index (χ0v) is 20.2. The Kier molecular flexibility index (Phi) is 4.74. The summed E-state index contributed by atoms with van der Waals surface area (Å²) in [4.78, 5) is 13.4. The first-order valence-electron chi connectivity index (χ1n) is 12.9. The van der Waals surface area contributed by atoms with Crippen LogP contribution < -0.4 is 0 Å². The van der Waals surface area contributed by atoms with Gasteiger partial charge >= 0.3 is 0 Å². The molecule has 1 heterocycles. The molecule has 5 heteroatoms. The van der Waals surface area contributed by atoms with Crippen LogP contribution in [0.15, 0.2) is 59.0 Å². The number of ketones is 1. The lowest BCUT2D eigenvalue weighted by Crippen LogP contribution is -2.49. The second-order valence-electron chi connectivity index (χ2n) is 11.4. The van der Waals surface area contributed by atoms with Gasteiger partial charge in [0, 0.05) is 22.6 Å². The lowest BCUT2D eigenvalue weighted by atomic mass is 9.50. The molecule has 0 amide bonds. The molecule has 0 radical (unpaired) electrons. The number of aliphatic hydroxyl groups is 1. The Bertz CT molecular complexity index is 1230. The van der Waals surface area contributed by atoms with Crippen LogP contribution in [0.1, 0.15) is 70.8 Å². The molecule has 0 aromatic carbocycles. The number of aromatic nitrogens is 2. The van der Waals surface area contributed by atoms with Gasteiger partial charge in [-0.3, -0.25) is 9.48 Å². The molecular weight excluding hydrogens is 422 g/mol. The van der Waals surface area contributed by atoms with Gasteiger partial charge < -0.3 is 5.11 Å². The van der Waals surface area contributed by atoms with Gasteiger partial charge in [-0.1, -0.05) is 31.2 Å². The van der Waals surface area contributed by atoms with Gasteiger partial charge in [-0.2, -0.15) is 10.4 Å². The maximum absolute atomic E-state index is 13.4. The number of carbonyl (C=O) groups is 1. The van der Waals surface area contributed by atoms with Crippen molar-refractivity contribution in [1.29, 1.82) is 5.26 Å². The summed E-state index contributed by atoms with van der Waals surface area (Å²) in [6.45, 7) is 4.35. The fourth-order valence-electron chi connectivity index (χ4n) is 7.80. The van der Waals surface area contributed by atoms with Crippen molar-refractivity contribution in [3.63, 3.8) is 0 Å². The Labute approximate surface area is 201 Å².